The summed E-state index contributed by atoms with van der Waals surface area (Å²) in [5, 5.41) is 3.23. The molecule has 0 radical (unpaired) electrons. The summed E-state index contributed by atoms with van der Waals surface area (Å²) in [5.74, 6) is -0.361. The van der Waals surface area contributed by atoms with Gasteiger partial charge >= 0.3 is 0 Å². The zero-order chi connectivity index (χ0) is 13.9. The molecule has 114 valence electrons. The monoisotopic (exact) mass is 342 g/mol. The molecular weight excluding hydrogens is 326 g/mol. The van der Waals surface area contributed by atoms with Gasteiger partial charge in [0.25, 0.3) is 0 Å². The predicted molar refractivity (Wildman–Crippen MR) is 79.4 cm³/mol. The molecule has 1 fully saturated rings. The molecule has 0 aliphatic carbocycles. The fraction of sp³-hybridized carbons (Fsp3) is 0.500. The molecule has 1 aromatic carbocycles. The van der Waals surface area contributed by atoms with Crippen molar-refractivity contribution in [2.75, 3.05) is 19.6 Å². The van der Waals surface area contributed by atoms with Gasteiger partial charge in [-0.2, -0.15) is 0 Å². The Morgan fingerprint density at radius 1 is 1.45 bits per heavy atom. The van der Waals surface area contributed by atoms with Gasteiger partial charge in [0, 0.05) is 6.54 Å². The van der Waals surface area contributed by atoms with E-state index in [0.717, 1.165) is 38.1 Å². The molecule has 4 nitrogen and oxygen atoms in total. The Hall–Kier alpha value is -0.400. The van der Waals surface area contributed by atoms with Crippen LogP contribution in [0.1, 0.15) is 12.8 Å². The highest BCUT2D eigenvalue weighted by atomic mass is 35.5. The van der Waals surface area contributed by atoms with Crippen molar-refractivity contribution in [2.24, 2.45) is 5.92 Å². The fourth-order valence-electron chi connectivity index (χ4n) is 2.09. The first kappa shape index (κ1) is 17.7. The molecule has 1 heterocycles. The quantitative estimate of drug-likeness (QED) is 0.881. The highest BCUT2D eigenvalue weighted by molar-refractivity contribution is 7.89. The van der Waals surface area contributed by atoms with Crippen molar-refractivity contribution < 1.29 is 12.8 Å². The molecule has 0 amide bonds. The van der Waals surface area contributed by atoms with Gasteiger partial charge in [0.15, 0.2) is 0 Å². The molecule has 1 aromatic rings. The van der Waals surface area contributed by atoms with Crippen LogP contribution in [-0.2, 0) is 10.0 Å². The number of halogens is 3. The molecule has 1 atom stereocenters. The summed E-state index contributed by atoms with van der Waals surface area (Å²) < 4.78 is 39.7. The summed E-state index contributed by atoms with van der Waals surface area (Å²) in [7, 11) is -3.76. The van der Waals surface area contributed by atoms with Crippen LogP contribution in [0, 0.1) is 11.7 Å². The third-order valence-electron chi connectivity index (χ3n) is 3.14. The molecule has 1 aliphatic heterocycles. The number of hydrogen-bond acceptors (Lipinski definition) is 3. The maximum atomic E-state index is 13.1. The van der Waals surface area contributed by atoms with Crippen LogP contribution in [0.3, 0.4) is 0 Å². The van der Waals surface area contributed by atoms with Gasteiger partial charge in [0.2, 0.25) is 10.0 Å². The SMILES string of the molecule is Cl.O=S(=O)(NCC1CCCNC1)c1cc(F)ccc1Cl. The summed E-state index contributed by atoms with van der Waals surface area (Å²) in [6.07, 6.45) is 2.01. The van der Waals surface area contributed by atoms with E-state index >= 15 is 0 Å². The fourth-order valence-corrected chi connectivity index (χ4v) is 3.71. The van der Waals surface area contributed by atoms with E-state index in [9.17, 15) is 12.8 Å². The molecule has 0 spiro atoms. The molecular formula is C12H17Cl2FN2O2S. The van der Waals surface area contributed by atoms with Gasteiger partial charge < -0.3 is 5.32 Å². The second kappa shape index (κ2) is 7.56. The Morgan fingerprint density at radius 3 is 2.85 bits per heavy atom. The lowest BCUT2D eigenvalue weighted by Crippen LogP contribution is -2.38. The van der Waals surface area contributed by atoms with E-state index in [4.69, 9.17) is 11.6 Å². The van der Waals surface area contributed by atoms with E-state index in [-0.39, 0.29) is 28.2 Å². The van der Waals surface area contributed by atoms with Crippen LogP contribution < -0.4 is 10.0 Å². The summed E-state index contributed by atoms with van der Waals surface area (Å²) >= 11 is 5.80. The Morgan fingerprint density at radius 2 is 2.20 bits per heavy atom. The molecule has 0 bridgehead atoms. The molecule has 1 saturated heterocycles. The highest BCUT2D eigenvalue weighted by Gasteiger charge is 2.21. The van der Waals surface area contributed by atoms with Gasteiger partial charge in [-0.3, -0.25) is 0 Å². The molecule has 2 N–H and O–H groups in total. The van der Waals surface area contributed by atoms with Crippen LogP contribution in [0.5, 0.6) is 0 Å². The second-order valence-corrected chi connectivity index (χ2v) is 6.78. The second-order valence-electron chi connectivity index (χ2n) is 4.64. The Balaban J connectivity index is 0.00000200. The summed E-state index contributed by atoms with van der Waals surface area (Å²) in [6.45, 7) is 2.10. The van der Waals surface area contributed by atoms with Crippen molar-refractivity contribution in [1.82, 2.24) is 10.0 Å². The van der Waals surface area contributed by atoms with Gasteiger partial charge in [-0.25, -0.2) is 17.5 Å². The van der Waals surface area contributed by atoms with Crippen LogP contribution in [0.25, 0.3) is 0 Å². The van der Waals surface area contributed by atoms with Crippen LogP contribution in [0.4, 0.5) is 4.39 Å². The minimum absolute atomic E-state index is 0. The van der Waals surface area contributed by atoms with Crippen LogP contribution in [0.15, 0.2) is 23.1 Å². The summed E-state index contributed by atoms with van der Waals surface area (Å²) in [4.78, 5) is -0.210. The smallest absolute Gasteiger partial charge is 0.242 e. The zero-order valence-electron chi connectivity index (χ0n) is 10.7. The average Bonchev–Trinajstić information content (AvgIpc) is 2.40. The van der Waals surface area contributed by atoms with Crippen LogP contribution >= 0.6 is 24.0 Å². The highest BCUT2D eigenvalue weighted by Crippen LogP contribution is 2.22. The van der Waals surface area contributed by atoms with Gasteiger partial charge in [-0.05, 0) is 50.0 Å². The number of piperidine rings is 1. The molecule has 1 unspecified atom stereocenters. The zero-order valence-corrected chi connectivity index (χ0v) is 13.1. The third kappa shape index (κ3) is 4.56. The predicted octanol–water partition coefficient (Wildman–Crippen LogP) is 2.18. The lowest BCUT2D eigenvalue weighted by molar-refractivity contribution is 0.376. The van der Waals surface area contributed by atoms with E-state index < -0.39 is 15.8 Å². The molecule has 0 saturated carbocycles. The lowest BCUT2D eigenvalue weighted by atomic mass is 10.0. The molecule has 8 heteroatoms. The molecule has 20 heavy (non-hydrogen) atoms. The minimum atomic E-state index is -3.76. The van der Waals surface area contributed by atoms with E-state index in [1.54, 1.807) is 0 Å². The van der Waals surface area contributed by atoms with E-state index in [1.165, 1.54) is 6.07 Å². The first-order valence-electron chi connectivity index (χ1n) is 6.14. The normalized spacial score (nSPS) is 19.4. The molecule has 1 aliphatic rings. The summed E-state index contributed by atoms with van der Waals surface area (Å²) in [6, 6.07) is 3.31. The number of nitrogens with one attached hydrogen (secondary N) is 2. The number of benzene rings is 1. The van der Waals surface area contributed by atoms with Gasteiger partial charge in [0.1, 0.15) is 10.7 Å². The van der Waals surface area contributed by atoms with Crippen molar-refractivity contribution in [3.8, 4) is 0 Å². The summed E-state index contributed by atoms with van der Waals surface area (Å²) in [5.41, 5.74) is 0. The lowest BCUT2D eigenvalue weighted by Gasteiger charge is -2.22. The topological polar surface area (TPSA) is 58.2 Å². The number of rotatable bonds is 4. The van der Waals surface area contributed by atoms with Crippen molar-refractivity contribution in [2.45, 2.75) is 17.7 Å². The largest absolute Gasteiger partial charge is 0.316 e. The third-order valence-corrected chi connectivity index (χ3v) is 5.05. The van der Waals surface area contributed by atoms with Crippen molar-refractivity contribution in [3.63, 3.8) is 0 Å². The van der Waals surface area contributed by atoms with E-state index in [0.29, 0.717) is 6.54 Å². The first-order valence-corrected chi connectivity index (χ1v) is 8.00. The first-order chi connectivity index (χ1) is 8.99. The van der Waals surface area contributed by atoms with Crippen molar-refractivity contribution >= 4 is 34.0 Å². The van der Waals surface area contributed by atoms with Gasteiger partial charge in [-0.15, -0.1) is 12.4 Å². The number of sulfonamides is 1. The van der Waals surface area contributed by atoms with Crippen LogP contribution in [0.2, 0.25) is 5.02 Å². The standard InChI is InChI=1S/C12H16ClFN2O2S.ClH/c13-11-4-3-10(14)6-12(11)19(17,18)16-8-9-2-1-5-15-7-9;/h3-4,6,9,15-16H,1-2,5,7-8H2;1H. The number of hydrogen-bond donors (Lipinski definition) is 2. The Kier molecular flexibility index (Phi) is 6.68. The van der Waals surface area contributed by atoms with Crippen molar-refractivity contribution in [1.29, 1.82) is 0 Å². The van der Waals surface area contributed by atoms with E-state index in [1.807, 2.05) is 0 Å². The Bertz CT molecular complexity index is 548. The van der Waals surface area contributed by atoms with Gasteiger partial charge in [-0.1, -0.05) is 11.6 Å². The molecule has 0 aromatic heterocycles. The minimum Gasteiger partial charge on any atom is -0.316 e. The molecule has 2 rings (SSSR count). The maximum absolute atomic E-state index is 13.1. The Labute approximate surface area is 129 Å². The van der Waals surface area contributed by atoms with E-state index in [2.05, 4.69) is 10.0 Å². The van der Waals surface area contributed by atoms with Gasteiger partial charge in [0.05, 0.1) is 5.02 Å². The average molecular weight is 343 g/mol. The van der Waals surface area contributed by atoms with Crippen LogP contribution in [-0.4, -0.2) is 28.1 Å². The maximum Gasteiger partial charge on any atom is 0.242 e. The van der Waals surface area contributed by atoms with Crippen molar-refractivity contribution in [3.05, 3.63) is 29.0 Å².